The third-order valence-corrected chi connectivity index (χ3v) is 2.98. The minimum Gasteiger partial charge on any atom is -0.397 e. The highest BCUT2D eigenvalue weighted by molar-refractivity contribution is 6.33. The van der Waals surface area contributed by atoms with Gasteiger partial charge in [0.25, 0.3) is 0 Å². The Balaban J connectivity index is 2.50. The van der Waals surface area contributed by atoms with E-state index in [1.807, 2.05) is 0 Å². The van der Waals surface area contributed by atoms with Crippen LogP contribution in [0.3, 0.4) is 0 Å². The number of hydrogen-bond donors (Lipinski definition) is 3. The summed E-state index contributed by atoms with van der Waals surface area (Å²) in [5, 5.41) is 2.85. The monoisotopic (exact) mass is 275 g/mol. The maximum atomic E-state index is 13.8. The van der Waals surface area contributed by atoms with Crippen molar-refractivity contribution in [3.05, 3.63) is 16.9 Å². The van der Waals surface area contributed by atoms with Gasteiger partial charge in [-0.1, -0.05) is 11.6 Å². The van der Waals surface area contributed by atoms with Gasteiger partial charge in [0.05, 0.1) is 17.1 Å². The Hall–Kier alpha value is -1.20. The molecule has 0 atom stereocenters. The van der Waals surface area contributed by atoms with E-state index in [1.54, 1.807) is 7.11 Å². The number of halogens is 2. The Labute approximate surface area is 111 Å². The number of anilines is 3. The van der Waals surface area contributed by atoms with Gasteiger partial charge in [-0.3, -0.25) is 0 Å². The van der Waals surface area contributed by atoms with E-state index in [0.29, 0.717) is 6.54 Å². The van der Waals surface area contributed by atoms with Gasteiger partial charge < -0.3 is 21.5 Å². The number of hydrogen-bond acceptors (Lipinski definition) is 4. The molecular weight excluding hydrogens is 257 g/mol. The molecule has 0 unspecified atom stereocenters. The third-order valence-electron chi connectivity index (χ3n) is 2.59. The summed E-state index contributed by atoms with van der Waals surface area (Å²) in [6.07, 6.45) is 2.90. The van der Waals surface area contributed by atoms with Gasteiger partial charge in [-0.15, -0.1) is 0 Å². The van der Waals surface area contributed by atoms with Crippen molar-refractivity contribution in [2.75, 3.05) is 37.0 Å². The number of nitrogens with one attached hydrogen (secondary N) is 1. The van der Waals surface area contributed by atoms with Gasteiger partial charge in [-0.2, -0.15) is 0 Å². The summed E-state index contributed by atoms with van der Waals surface area (Å²) in [5.74, 6) is -0.592. The fraction of sp³-hybridized carbons (Fsp3) is 0.500. The summed E-state index contributed by atoms with van der Waals surface area (Å²) < 4.78 is 18.7. The first-order valence-electron chi connectivity index (χ1n) is 5.83. The van der Waals surface area contributed by atoms with Crippen molar-refractivity contribution in [3.63, 3.8) is 0 Å². The minimum absolute atomic E-state index is 0.0916. The summed E-state index contributed by atoms with van der Waals surface area (Å²) >= 11 is 5.72. The Morgan fingerprint density at radius 2 is 2.00 bits per heavy atom. The summed E-state index contributed by atoms with van der Waals surface area (Å²) in [4.78, 5) is 0. The number of methoxy groups -OCH3 is 1. The Kier molecular flexibility index (Phi) is 6.01. The van der Waals surface area contributed by atoms with E-state index in [-0.39, 0.29) is 22.1 Å². The van der Waals surface area contributed by atoms with Crippen LogP contribution in [0.25, 0.3) is 0 Å². The molecule has 102 valence electrons. The second-order valence-electron chi connectivity index (χ2n) is 4.04. The highest BCUT2D eigenvalue weighted by Gasteiger charge is 2.13. The predicted molar refractivity (Wildman–Crippen MR) is 74.5 cm³/mol. The number of unbranched alkanes of at least 4 members (excludes halogenated alkanes) is 2. The number of ether oxygens (including phenoxy) is 1. The fourth-order valence-corrected chi connectivity index (χ4v) is 1.76. The lowest BCUT2D eigenvalue weighted by Crippen LogP contribution is -2.08. The molecule has 0 spiro atoms. The standard InChI is InChI=1S/C12H19ClFN3O/c1-18-6-4-2-3-5-17-12-9(16)7-8(15)10(13)11(12)14/h7,17H,2-6,15-16H2,1H3. The van der Waals surface area contributed by atoms with Crippen LogP contribution in [-0.2, 0) is 4.74 Å². The van der Waals surface area contributed by atoms with Crippen LogP contribution in [0.15, 0.2) is 6.07 Å². The van der Waals surface area contributed by atoms with Crippen LogP contribution in [0.2, 0.25) is 5.02 Å². The van der Waals surface area contributed by atoms with Crippen LogP contribution in [0, 0.1) is 5.82 Å². The molecule has 18 heavy (non-hydrogen) atoms. The molecular formula is C12H19ClFN3O. The van der Waals surface area contributed by atoms with E-state index in [9.17, 15) is 4.39 Å². The summed E-state index contributed by atoms with van der Waals surface area (Å²) in [5.41, 5.74) is 11.8. The van der Waals surface area contributed by atoms with Crippen LogP contribution in [-0.4, -0.2) is 20.3 Å². The fourth-order valence-electron chi connectivity index (χ4n) is 1.61. The molecule has 0 bridgehead atoms. The molecule has 4 nitrogen and oxygen atoms in total. The topological polar surface area (TPSA) is 73.3 Å². The van der Waals surface area contributed by atoms with Crippen molar-refractivity contribution in [1.82, 2.24) is 0 Å². The molecule has 0 radical (unpaired) electrons. The zero-order valence-electron chi connectivity index (χ0n) is 10.4. The van der Waals surface area contributed by atoms with Gasteiger partial charge in [0.15, 0.2) is 5.82 Å². The van der Waals surface area contributed by atoms with Crippen molar-refractivity contribution in [2.24, 2.45) is 0 Å². The largest absolute Gasteiger partial charge is 0.397 e. The molecule has 0 saturated heterocycles. The Morgan fingerprint density at radius 3 is 2.67 bits per heavy atom. The van der Waals surface area contributed by atoms with Crippen LogP contribution in [0.4, 0.5) is 21.5 Å². The summed E-state index contributed by atoms with van der Waals surface area (Å²) in [6, 6.07) is 1.46. The zero-order valence-corrected chi connectivity index (χ0v) is 11.2. The molecule has 0 amide bonds. The molecule has 0 saturated carbocycles. The molecule has 0 aromatic heterocycles. The smallest absolute Gasteiger partial charge is 0.169 e. The van der Waals surface area contributed by atoms with Crippen molar-refractivity contribution >= 4 is 28.7 Å². The van der Waals surface area contributed by atoms with Crippen LogP contribution in [0.5, 0.6) is 0 Å². The highest BCUT2D eigenvalue weighted by Crippen LogP contribution is 2.33. The van der Waals surface area contributed by atoms with E-state index in [2.05, 4.69) is 5.32 Å². The summed E-state index contributed by atoms with van der Waals surface area (Å²) in [6.45, 7) is 1.37. The van der Waals surface area contributed by atoms with Crippen molar-refractivity contribution < 1.29 is 9.13 Å². The maximum absolute atomic E-state index is 13.8. The van der Waals surface area contributed by atoms with Crippen LogP contribution >= 0.6 is 11.6 Å². The second-order valence-corrected chi connectivity index (χ2v) is 4.42. The third kappa shape index (κ3) is 3.92. The zero-order chi connectivity index (χ0) is 13.5. The van der Waals surface area contributed by atoms with Gasteiger partial charge in [0.2, 0.25) is 0 Å². The molecule has 1 aromatic carbocycles. The SMILES string of the molecule is COCCCCCNc1c(N)cc(N)c(Cl)c1F. The first kappa shape index (κ1) is 14.9. The lowest BCUT2D eigenvalue weighted by Gasteiger charge is -2.12. The molecule has 0 aliphatic carbocycles. The Bertz CT molecular complexity index is 401. The lowest BCUT2D eigenvalue weighted by molar-refractivity contribution is 0.192. The van der Waals surface area contributed by atoms with Gasteiger partial charge in [0.1, 0.15) is 5.02 Å². The van der Waals surface area contributed by atoms with Gasteiger partial charge >= 0.3 is 0 Å². The molecule has 1 rings (SSSR count). The van der Waals surface area contributed by atoms with Gasteiger partial charge in [-0.05, 0) is 25.3 Å². The number of benzene rings is 1. The molecule has 0 aliphatic heterocycles. The molecule has 1 aromatic rings. The highest BCUT2D eigenvalue weighted by atomic mass is 35.5. The maximum Gasteiger partial charge on any atom is 0.169 e. The Morgan fingerprint density at radius 1 is 1.28 bits per heavy atom. The molecule has 6 heteroatoms. The van der Waals surface area contributed by atoms with E-state index in [1.165, 1.54) is 6.07 Å². The summed E-state index contributed by atoms with van der Waals surface area (Å²) in [7, 11) is 1.67. The molecule has 0 aliphatic rings. The lowest BCUT2D eigenvalue weighted by atomic mass is 10.2. The van der Waals surface area contributed by atoms with Crippen molar-refractivity contribution in [3.8, 4) is 0 Å². The quantitative estimate of drug-likeness (QED) is 0.528. The molecule has 0 fully saturated rings. The first-order chi connectivity index (χ1) is 8.57. The van der Waals surface area contributed by atoms with Crippen molar-refractivity contribution in [1.29, 1.82) is 0 Å². The normalized spacial score (nSPS) is 10.6. The first-order valence-corrected chi connectivity index (χ1v) is 6.21. The average molecular weight is 276 g/mol. The van der Waals surface area contributed by atoms with E-state index < -0.39 is 5.82 Å². The second kappa shape index (κ2) is 7.28. The predicted octanol–water partition coefficient (Wildman–Crippen LogP) is 2.87. The number of nitrogens with two attached hydrogens (primary N) is 2. The van der Waals surface area contributed by atoms with E-state index in [0.717, 1.165) is 25.9 Å². The average Bonchev–Trinajstić information content (AvgIpc) is 2.34. The number of rotatable bonds is 7. The van der Waals surface area contributed by atoms with Crippen LogP contribution < -0.4 is 16.8 Å². The minimum atomic E-state index is -0.592. The van der Waals surface area contributed by atoms with E-state index in [4.69, 9.17) is 27.8 Å². The van der Waals surface area contributed by atoms with Crippen molar-refractivity contribution in [2.45, 2.75) is 19.3 Å². The van der Waals surface area contributed by atoms with Crippen LogP contribution in [0.1, 0.15) is 19.3 Å². The molecule has 5 N–H and O–H groups in total. The van der Waals surface area contributed by atoms with Gasteiger partial charge in [-0.25, -0.2) is 4.39 Å². The van der Waals surface area contributed by atoms with E-state index >= 15 is 0 Å². The molecule has 0 heterocycles. The number of nitrogen functional groups attached to an aromatic ring is 2. The van der Waals surface area contributed by atoms with Gasteiger partial charge in [0, 0.05) is 20.3 Å².